The molecule has 1 aromatic rings. The number of aliphatic hydroxyl groups excluding tert-OH is 4. The van der Waals surface area contributed by atoms with Crippen LogP contribution in [0.15, 0.2) is 30.3 Å². The molecule has 1 aliphatic rings. The molecule has 0 aliphatic carbocycles. The van der Waals surface area contributed by atoms with Crippen LogP contribution in [0.25, 0.3) is 0 Å². The van der Waals surface area contributed by atoms with Gasteiger partial charge in [0, 0.05) is 5.69 Å². The van der Waals surface area contributed by atoms with E-state index in [-0.39, 0.29) is 0 Å². The third kappa shape index (κ3) is 2.63. The number of para-hydroxylation sites is 1. The molecule has 1 heterocycles. The summed E-state index contributed by atoms with van der Waals surface area (Å²) in [6.07, 6.45) is -5.76. The van der Waals surface area contributed by atoms with Gasteiger partial charge in [-0.1, -0.05) is 18.2 Å². The molecule has 0 radical (unpaired) electrons. The highest BCUT2D eigenvalue weighted by Gasteiger charge is 2.43. The maximum absolute atomic E-state index is 9.80. The molecular weight excluding hydrogens is 238 g/mol. The van der Waals surface area contributed by atoms with Crippen LogP contribution in [0.2, 0.25) is 0 Å². The second-order valence-corrected chi connectivity index (χ2v) is 4.26. The van der Waals surface area contributed by atoms with Crippen molar-refractivity contribution in [3.05, 3.63) is 30.3 Å². The number of benzene rings is 1. The summed E-state index contributed by atoms with van der Waals surface area (Å²) in [6, 6.07) is 9.03. The summed E-state index contributed by atoms with van der Waals surface area (Å²) in [6.45, 7) is -0.433. The minimum atomic E-state index is -1.36. The fourth-order valence-corrected chi connectivity index (χ4v) is 1.92. The van der Waals surface area contributed by atoms with Gasteiger partial charge in [-0.2, -0.15) is 0 Å². The molecule has 5 atom stereocenters. The van der Waals surface area contributed by atoms with Crippen LogP contribution in [0, 0.1) is 0 Å². The van der Waals surface area contributed by atoms with Crippen molar-refractivity contribution in [2.75, 3.05) is 11.9 Å². The van der Waals surface area contributed by atoms with E-state index < -0.39 is 37.3 Å². The van der Waals surface area contributed by atoms with Gasteiger partial charge in [-0.15, -0.1) is 0 Å². The third-order valence-corrected chi connectivity index (χ3v) is 2.97. The van der Waals surface area contributed by atoms with Crippen LogP contribution in [0.1, 0.15) is 0 Å². The number of nitrogens with one attached hydrogen (secondary N) is 1. The van der Waals surface area contributed by atoms with E-state index in [1.807, 2.05) is 18.2 Å². The third-order valence-electron chi connectivity index (χ3n) is 2.97. The Morgan fingerprint density at radius 1 is 1.00 bits per heavy atom. The van der Waals surface area contributed by atoms with Gasteiger partial charge in [0.15, 0.2) is 6.23 Å². The predicted octanol–water partition coefficient (Wildman–Crippen LogP) is -1.10. The molecule has 0 unspecified atom stereocenters. The lowest BCUT2D eigenvalue weighted by atomic mass is 9.98. The highest BCUT2D eigenvalue weighted by molar-refractivity contribution is 5.43. The van der Waals surface area contributed by atoms with Gasteiger partial charge in [-0.05, 0) is 12.1 Å². The molecule has 1 aliphatic heterocycles. The standard InChI is InChI=1S/C12H17NO5/c14-6-8-9(15)10(16)11(17)12(18-8)13-7-4-2-1-3-5-7/h1-5,8-17H,6H2/t8-,9-,10+,11+,12-/m0/s1. The Kier molecular flexibility index (Phi) is 4.15. The van der Waals surface area contributed by atoms with Crippen LogP contribution in [0.4, 0.5) is 5.69 Å². The van der Waals surface area contributed by atoms with Crippen molar-refractivity contribution in [3.8, 4) is 0 Å². The zero-order valence-corrected chi connectivity index (χ0v) is 9.68. The number of hydrogen-bond acceptors (Lipinski definition) is 6. The van der Waals surface area contributed by atoms with Crippen molar-refractivity contribution >= 4 is 5.69 Å². The highest BCUT2D eigenvalue weighted by Crippen LogP contribution is 2.22. The fourth-order valence-electron chi connectivity index (χ4n) is 1.92. The number of rotatable bonds is 3. The van der Waals surface area contributed by atoms with Crippen LogP contribution >= 0.6 is 0 Å². The largest absolute Gasteiger partial charge is 0.394 e. The second kappa shape index (κ2) is 5.64. The van der Waals surface area contributed by atoms with Gasteiger partial charge in [0.05, 0.1) is 6.61 Å². The summed E-state index contributed by atoms with van der Waals surface area (Å²) in [5.41, 5.74) is 0.710. The molecule has 1 fully saturated rings. The molecule has 0 aromatic heterocycles. The van der Waals surface area contributed by atoms with Crippen molar-refractivity contribution in [2.45, 2.75) is 30.6 Å². The van der Waals surface area contributed by atoms with Crippen LogP contribution in [-0.2, 0) is 4.74 Å². The second-order valence-electron chi connectivity index (χ2n) is 4.26. The van der Waals surface area contributed by atoms with E-state index in [0.717, 1.165) is 0 Å². The highest BCUT2D eigenvalue weighted by atomic mass is 16.6. The Morgan fingerprint density at radius 2 is 1.67 bits per heavy atom. The Morgan fingerprint density at radius 3 is 2.28 bits per heavy atom. The molecule has 18 heavy (non-hydrogen) atoms. The van der Waals surface area contributed by atoms with E-state index in [0.29, 0.717) is 5.69 Å². The van der Waals surface area contributed by atoms with Crippen LogP contribution in [0.5, 0.6) is 0 Å². The van der Waals surface area contributed by atoms with E-state index in [4.69, 9.17) is 9.84 Å². The number of anilines is 1. The summed E-state index contributed by atoms with van der Waals surface area (Å²) in [5, 5.41) is 41.0. The molecule has 0 amide bonds. The topological polar surface area (TPSA) is 102 Å². The molecular formula is C12H17NO5. The Balaban J connectivity index is 2.08. The van der Waals surface area contributed by atoms with E-state index >= 15 is 0 Å². The lowest BCUT2D eigenvalue weighted by Crippen LogP contribution is -2.60. The molecule has 0 spiro atoms. The van der Waals surface area contributed by atoms with Crippen molar-refractivity contribution < 1.29 is 25.2 Å². The Hall–Kier alpha value is -1.18. The Labute approximate surface area is 104 Å². The minimum Gasteiger partial charge on any atom is -0.394 e. The van der Waals surface area contributed by atoms with Crippen LogP contribution in [0.3, 0.4) is 0 Å². The first-order valence-corrected chi connectivity index (χ1v) is 5.75. The molecule has 1 saturated heterocycles. The number of ether oxygens (including phenoxy) is 1. The maximum Gasteiger partial charge on any atom is 0.157 e. The summed E-state index contributed by atoms with van der Waals surface area (Å²) < 4.78 is 5.31. The molecule has 2 rings (SSSR count). The fraction of sp³-hybridized carbons (Fsp3) is 0.500. The van der Waals surface area contributed by atoms with Gasteiger partial charge in [-0.3, -0.25) is 0 Å². The van der Waals surface area contributed by atoms with E-state index in [9.17, 15) is 15.3 Å². The van der Waals surface area contributed by atoms with Crippen molar-refractivity contribution in [1.82, 2.24) is 0 Å². The van der Waals surface area contributed by atoms with Gasteiger partial charge in [0.2, 0.25) is 0 Å². The Bertz CT molecular complexity index is 372. The first-order chi connectivity index (χ1) is 8.63. The summed E-state index contributed by atoms with van der Waals surface area (Å²) in [5.74, 6) is 0. The van der Waals surface area contributed by atoms with Crippen molar-refractivity contribution in [3.63, 3.8) is 0 Å². The molecule has 6 nitrogen and oxygen atoms in total. The number of hydrogen-bond donors (Lipinski definition) is 5. The normalized spacial score (nSPS) is 36.3. The molecule has 0 bridgehead atoms. The molecule has 100 valence electrons. The molecule has 5 N–H and O–H groups in total. The van der Waals surface area contributed by atoms with Crippen molar-refractivity contribution in [1.29, 1.82) is 0 Å². The molecule has 0 saturated carbocycles. The van der Waals surface area contributed by atoms with Gasteiger partial charge in [0.25, 0.3) is 0 Å². The first kappa shape index (κ1) is 13.3. The summed E-state index contributed by atoms with van der Waals surface area (Å²) in [4.78, 5) is 0. The summed E-state index contributed by atoms with van der Waals surface area (Å²) >= 11 is 0. The lowest BCUT2D eigenvalue weighted by molar-refractivity contribution is -0.221. The zero-order chi connectivity index (χ0) is 13.1. The van der Waals surface area contributed by atoms with Crippen LogP contribution in [-0.4, -0.2) is 57.7 Å². The van der Waals surface area contributed by atoms with Crippen molar-refractivity contribution in [2.24, 2.45) is 0 Å². The van der Waals surface area contributed by atoms with Crippen LogP contribution < -0.4 is 5.32 Å². The SMILES string of the molecule is OC[C@@H]1O[C@H](Nc2ccccc2)[C@H](O)[C@H](O)[C@H]1O. The van der Waals surface area contributed by atoms with E-state index in [1.54, 1.807) is 12.1 Å². The van der Waals surface area contributed by atoms with Gasteiger partial charge in [-0.25, -0.2) is 0 Å². The number of aliphatic hydroxyl groups is 4. The van der Waals surface area contributed by atoms with Gasteiger partial charge in [0.1, 0.15) is 24.4 Å². The van der Waals surface area contributed by atoms with E-state index in [2.05, 4.69) is 5.32 Å². The van der Waals surface area contributed by atoms with Gasteiger partial charge >= 0.3 is 0 Å². The predicted molar refractivity (Wildman–Crippen MR) is 63.8 cm³/mol. The minimum absolute atomic E-state index is 0.433. The first-order valence-electron chi connectivity index (χ1n) is 5.75. The zero-order valence-electron chi connectivity index (χ0n) is 9.68. The average Bonchev–Trinajstić information content (AvgIpc) is 2.40. The van der Waals surface area contributed by atoms with E-state index in [1.165, 1.54) is 0 Å². The lowest BCUT2D eigenvalue weighted by Gasteiger charge is -2.40. The average molecular weight is 255 g/mol. The molecule has 1 aromatic carbocycles. The smallest absolute Gasteiger partial charge is 0.157 e. The van der Waals surface area contributed by atoms with Gasteiger partial charge < -0.3 is 30.5 Å². The maximum atomic E-state index is 9.80. The monoisotopic (exact) mass is 255 g/mol. The molecule has 6 heteroatoms. The summed E-state index contributed by atoms with van der Waals surface area (Å²) in [7, 11) is 0. The quantitative estimate of drug-likeness (QED) is 0.470.